The van der Waals surface area contributed by atoms with Crippen LogP contribution in [0.5, 0.6) is 5.75 Å². The van der Waals surface area contributed by atoms with Gasteiger partial charge in [-0.1, -0.05) is 6.07 Å². The van der Waals surface area contributed by atoms with Crippen LogP contribution in [0.15, 0.2) is 23.1 Å². The van der Waals surface area contributed by atoms with Crippen LogP contribution in [0.4, 0.5) is 0 Å². The highest BCUT2D eigenvalue weighted by Crippen LogP contribution is 2.24. The third-order valence-corrected chi connectivity index (χ3v) is 2.92. The number of ether oxygens (including phenoxy) is 1. The summed E-state index contributed by atoms with van der Waals surface area (Å²) in [6.45, 7) is 1.95. The van der Waals surface area contributed by atoms with E-state index in [1.807, 2.05) is 0 Å². The predicted octanol–water partition coefficient (Wildman–Crippen LogP) is 0.360. The van der Waals surface area contributed by atoms with Gasteiger partial charge in [0.25, 0.3) is 0 Å². The fourth-order valence-corrected chi connectivity index (χ4v) is 2.00. The molecule has 0 spiro atoms. The summed E-state index contributed by atoms with van der Waals surface area (Å²) in [4.78, 5) is 10.4. The van der Waals surface area contributed by atoms with E-state index in [4.69, 9.17) is 15.0 Å². The fourth-order valence-electron chi connectivity index (χ4n) is 1.34. The molecule has 0 aliphatic heterocycles. The van der Waals surface area contributed by atoms with Gasteiger partial charge in [-0.25, -0.2) is 13.6 Å². The van der Waals surface area contributed by atoms with Gasteiger partial charge < -0.3 is 9.84 Å². The van der Waals surface area contributed by atoms with Crippen LogP contribution in [-0.4, -0.2) is 26.1 Å². The Kier molecular flexibility index (Phi) is 4.08. The van der Waals surface area contributed by atoms with E-state index in [0.717, 1.165) is 0 Å². The third-order valence-electron chi connectivity index (χ3n) is 1.97. The molecule has 1 aromatic rings. The molecule has 0 amide bonds. The number of hydrogen-bond acceptors (Lipinski definition) is 4. The molecular weight excluding hydrogens is 246 g/mol. The van der Waals surface area contributed by atoms with Crippen molar-refractivity contribution in [1.82, 2.24) is 0 Å². The predicted molar refractivity (Wildman–Crippen MR) is 60.3 cm³/mol. The molecule has 0 radical (unpaired) electrons. The van der Waals surface area contributed by atoms with Crippen LogP contribution in [0.1, 0.15) is 12.5 Å². The molecule has 7 heteroatoms. The average molecular weight is 259 g/mol. The first kappa shape index (κ1) is 13.5. The molecule has 94 valence electrons. The van der Waals surface area contributed by atoms with Crippen molar-refractivity contribution in [3.63, 3.8) is 0 Å². The number of nitrogens with two attached hydrogens (primary N) is 1. The zero-order chi connectivity index (χ0) is 13.1. The molecule has 0 bridgehead atoms. The Morgan fingerprint density at radius 2 is 2.12 bits per heavy atom. The lowest BCUT2D eigenvalue weighted by Gasteiger charge is -2.09. The molecule has 0 saturated heterocycles. The van der Waals surface area contributed by atoms with Crippen LogP contribution < -0.4 is 9.88 Å². The maximum absolute atomic E-state index is 11.2. The van der Waals surface area contributed by atoms with Gasteiger partial charge in [0.2, 0.25) is 10.0 Å². The summed E-state index contributed by atoms with van der Waals surface area (Å²) in [6.07, 6.45) is -0.203. The van der Waals surface area contributed by atoms with Crippen LogP contribution in [0.25, 0.3) is 0 Å². The molecule has 3 N–H and O–H groups in total. The van der Waals surface area contributed by atoms with Crippen LogP contribution in [0.2, 0.25) is 0 Å². The smallest absolute Gasteiger partial charge is 0.307 e. The number of rotatable bonds is 5. The lowest BCUT2D eigenvalue weighted by Crippen LogP contribution is -2.14. The summed E-state index contributed by atoms with van der Waals surface area (Å²) in [6, 6.07) is 4.02. The normalized spacial score (nSPS) is 11.2. The monoisotopic (exact) mass is 259 g/mol. The summed E-state index contributed by atoms with van der Waals surface area (Å²) in [5.74, 6) is -0.926. The molecule has 0 aliphatic carbocycles. The zero-order valence-corrected chi connectivity index (χ0v) is 10.0. The second kappa shape index (κ2) is 5.15. The van der Waals surface area contributed by atoms with Gasteiger partial charge in [-0.2, -0.15) is 0 Å². The van der Waals surface area contributed by atoms with Crippen molar-refractivity contribution in [3.8, 4) is 5.75 Å². The Morgan fingerprint density at radius 1 is 1.47 bits per heavy atom. The highest BCUT2D eigenvalue weighted by Gasteiger charge is 2.16. The lowest BCUT2D eigenvalue weighted by atomic mass is 10.1. The van der Waals surface area contributed by atoms with Crippen molar-refractivity contribution < 1.29 is 23.1 Å². The summed E-state index contributed by atoms with van der Waals surface area (Å²) in [7, 11) is -3.87. The molecule has 0 fully saturated rings. The highest BCUT2D eigenvalue weighted by atomic mass is 32.2. The summed E-state index contributed by atoms with van der Waals surface area (Å²) in [5, 5.41) is 13.6. The van der Waals surface area contributed by atoms with Gasteiger partial charge in [0.15, 0.2) is 0 Å². The Labute approximate surface area is 99.1 Å². The van der Waals surface area contributed by atoms with Crippen LogP contribution in [-0.2, 0) is 21.2 Å². The molecule has 6 nitrogen and oxygen atoms in total. The maximum atomic E-state index is 11.2. The largest absolute Gasteiger partial charge is 0.492 e. The van der Waals surface area contributed by atoms with Crippen LogP contribution >= 0.6 is 0 Å². The standard InChI is InChI=1S/C10H13NO5S/c1-2-16-8-5-7(6-10(12)13)3-4-9(8)17(11,14)15/h3-5H,2,6H2,1H3,(H,12,13)(H2,11,14,15). The van der Waals surface area contributed by atoms with Gasteiger partial charge >= 0.3 is 5.97 Å². The first-order valence-corrected chi connectivity index (χ1v) is 6.39. The molecule has 0 saturated carbocycles. The van der Waals surface area contributed by atoms with Crippen LogP contribution in [0, 0.1) is 0 Å². The van der Waals surface area contributed by atoms with Gasteiger partial charge in [0, 0.05) is 0 Å². The topological polar surface area (TPSA) is 107 Å². The Bertz CT molecular complexity index is 523. The molecular formula is C10H13NO5S. The van der Waals surface area contributed by atoms with E-state index in [1.54, 1.807) is 6.92 Å². The van der Waals surface area contributed by atoms with E-state index in [-0.39, 0.29) is 23.7 Å². The van der Waals surface area contributed by atoms with E-state index in [0.29, 0.717) is 5.56 Å². The molecule has 0 atom stereocenters. The van der Waals surface area contributed by atoms with Crippen molar-refractivity contribution in [2.45, 2.75) is 18.2 Å². The number of benzene rings is 1. The van der Waals surface area contributed by atoms with Crippen LogP contribution in [0.3, 0.4) is 0 Å². The molecule has 0 heterocycles. The Balaban J connectivity index is 3.22. The lowest BCUT2D eigenvalue weighted by molar-refractivity contribution is -0.136. The quantitative estimate of drug-likeness (QED) is 0.794. The summed E-state index contributed by atoms with van der Waals surface area (Å²) >= 11 is 0. The number of carboxylic acid groups (broad SMARTS) is 1. The van der Waals surface area contributed by atoms with Gasteiger partial charge in [-0.05, 0) is 24.6 Å². The van der Waals surface area contributed by atoms with Gasteiger partial charge in [-0.15, -0.1) is 0 Å². The average Bonchev–Trinajstić information content (AvgIpc) is 2.15. The molecule has 0 unspecified atom stereocenters. The van der Waals surface area contributed by atoms with Gasteiger partial charge in [0.1, 0.15) is 10.6 Å². The molecule has 0 aromatic heterocycles. The third kappa shape index (κ3) is 3.72. The zero-order valence-electron chi connectivity index (χ0n) is 9.21. The first-order valence-electron chi connectivity index (χ1n) is 4.85. The molecule has 1 rings (SSSR count). The summed E-state index contributed by atoms with van der Waals surface area (Å²) in [5.41, 5.74) is 0.452. The van der Waals surface area contributed by atoms with Crippen molar-refractivity contribution in [3.05, 3.63) is 23.8 Å². The van der Waals surface area contributed by atoms with Crippen molar-refractivity contribution in [2.24, 2.45) is 5.14 Å². The van der Waals surface area contributed by atoms with E-state index in [1.165, 1.54) is 18.2 Å². The Morgan fingerprint density at radius 3 is 2.59 bits per heavy atom. The summed E-state index contributed by atoms with van der Waals surface area (Å²) < 4.78 is 27.6. The minimum absolute atomic E-state index is 0.0775. The highest BCUT2D eigenvalue weighted by molar-refractivity contribution is 7.89. The first-order chi connectivity index (χ1) is 7.84. The van der Waals surface area contributed by atoms with Crippen molar-refractivity contribution >= 4 is 16.0 Å². The van der Waals surface area contributed by atoms with Crippen molar-refractivity contribution in [2.75, 3.05) is 6.61 Å². The van der Waals surface area contributed by atoms with Gasteiger partial charge in [-0.3, -0.25) is 4.79 Å². The number of carboxylic acids is 1. The number of carbonyl (C=O) groups is 1. The SMILES string of the molecule is CCOc1cc(CC(=O)O)ccc1S(N)(=O)=O. The maximum Gasteiger partial charge on any atom is 0.307 e. The number of primary sulfonamides is 1. The van der Waals surface area contributed by atoms with E-state index in [2.05, 4.69) is 0 Å². The van der Waals surface area contributed by atoms with E-state index < -0.39 is 16.0 Å². The molecule has 1 aromatic carbocycles. The second-order valence-electron chi connectivity index (χ2n) is 3.33. The second-order valence-corrected chi connectivity index (χ2v) is 4.86. The van der Waals surface area contributed by atoms with E-state index >= 15 is 0 Å². The minimum Gasteiger partial charge on any atom is -0.492 e. The number of hydrogen-bond donors (Lipinski definition) is 2. The van der Waals surface area contributed by atoms with Crippen molar-refractivity contribution in [1.29, 1.82) is 0 Å². The Hall–Kier alpha value is -1.60. The van der Waals surface area contributed by atoms with E-state index in [9.17, 15) is 13.2 Å². The molecule has 17 heavy (non-hydrogen) atoms. The fraction of sp³-hybridized carbons (Fsp3) is 0.300. The minimum atomic E-state index is -3.87. The number of aliphatic carboxylic acids is 1. The van der Waals surface area contributed by atoms with Gasteiger partial charge in [0.05, 0.1) is 13.0 Å². The molecule has 0 aliphatic rings. The number of sulfonamides is 1.